The molecule has 0 saturated carbocycles. The zero-order chi connectivity index (χ0) is 17.3. The van der Waals surface area contributed by atoms with E-state index in [4.69, 9.17) is 11.6 Å². The lowest BCUT2D eigenvalue weighted by Crippen LogP contribution is -2.50. The van der Waals surface area contributed by atoms with Crippen LogP contribution in [0, 0.1) is 0 Å². The molecule has 1 amide bonds. The summed E-state index contributed by atoms with van der Waals surface area (Å²) in [6.45, 7) is -0.190. The molecule has 0 radical (unpaired) electrons. The summed E-state index contributed by atoms with van der Waals surface area (Å²) >= 11 is 5.79. The van der Waals surface area contributed by atoms with Crippen LogP contribution < -0.4 is 10.6 Å². The Labute approximate surface area is 147 Å². The van der Waals surface area contributed by atoms with Crippen molar-refractivity contribution >= 4 is 27.5 Å². The number of likely N-dealkylation sites (N-methyl/N-ethyl adjacent to an activating group) is 1. The monoisotopic (exact) mass is 371 g/mol. The maximum Gasteiger partial charge on any atom is 0.243 e. The Kier molecular flexibility index (Phi) is 5.15. The third-order valence-corrected chi connectivity index (χ3v) is 6.80. The van der Waals surface area contributed by atoms with Gasteiger partial charge in [-0.25, -0.2) is 8.42 Å². The first-order valence-corrected chi connectivity index (χ1v) is 9.94. The number of halogens is 1. The summed E-state index contributed by atoms with van der Waals surface area (Å²) in [5.41, 5.74) is 0. The van der Waals surface area contributed by atoms with Crippen LogP contribution in [0.3, 0.4) is 0 Å². The Balaban J connectivity index is 1.58. The van der Waals surface area contributed by atoms with E-state index in [1.807, 2.05) is 0 Å². The molecule has 2 aliphatic rings. The molecule has 1 aromatic rings. The first-order chi connectivity index (χ1) is 11.3. The number of sulfonamides is 1. The van der Waals surface area contributed by atoms with Crippen LogP contribution in [0.15, 0.2) is 29.2 Å². The second-order valence-corrected chi connectivity index (χ2v) is 9.07. The molecule has 2 unspecified atom stereocenters. The minimum absolute atomic E-state index is 0.127. The normalized spacial score (nSPS) is 26.5. The number of hydrogen-bond donors (Lipinski definition) is 2. The van der Waals surface area contributed by atoms with Gasteiger partial charge in [0.15, 0.2) is 0 Å². The number of piperidine rings is 1. The van der Waals surface area contributed by atoms with Crippen molar-refractivity contribution in [1.29, 1.82) is 0 Å². The predicted octanol–water partition coefficient (Wildman–Crippen LogP) is 1.36. The summed E-state index contributed by atoms with van der Waals surface area (Å²) in [7, 11) is -2.29. The van der Waals surface area contributed by atoms with Crippen molar-refractivity contribution in [2.45, 2.75) is 48.7 Å². The SMILES string of the molecule is CN(CC(=O)NC1CC2CCC(C1)N2)S(=O)(=O)c1ccc(Cl)cc1. The van der Waals surface area contributed by atoms with Crippen LogP contribution in [0.1, 0.15) is 25.7 Å². The molecule has 8 heteroatoms. The number of benzene rings is 1. The van der Waals surface area contributed by atoms with Gasteiger partial charge in [-0.2, -0.15) is 4.31 Å². The number of nitrogens with one attached hydrogen (secondary N) is 2. The van der Waals surface area contributed by atoms with Gasteiger partial charge in [0.2, 0.25) is 15.9 Å². The first kappa shape index (κ1) is 17.7. The van der Waals surface area contributed by atoms with Crippen molar-refractivity contribution in [2.24, 2.45) is 0 Å². The van der Waals surface area contributed by atoms with Crippen molar-refractivity contribution in [2.75, 3.05) is 13.6 Å². The van der Waals surface area contributed by atoms with Crippen LogP contribution in [0.5, 0.6) is 0 Å². The van der Waals surface area contributed by atoms with E-state index in [9.17, 15) is 13.2 Å². The second kappa shape index (κ2) is 7.00. The molecule has 132 valence electrons. The molecule has 2 atom stereocenters. The van der Waals surface area contributed by atoms with E-state index in [0.717, 1.165) is 30.0 Å². The first-order valence-electron chi connectivity index (χ1n) is 8.12. The van der Waals surface area contributed by atoms with Crippen LogP contribution in [-0.4, -0.2) is 50.3 Å². The summed E-state index contributed by atoms with van der Waals surface area (Å²) in [5, 5.41) is 6.96. The highest BCUT2D eigenvalue weighted by atomic mass is 35.5. The molecule has 2 fully saturated rings. The molecular formula is C16H22ClN3O3S. The summed E-state index contributed by atoms with van der Waals surface area (Å²) in [6, 6.07) is 7.00. The fourth-order valence-corrected chi connectivity index (χ4v) is 4.78. The van der Waals surface area contributed by atoms with Gasteiger partial charge in [-0.05, 0) is 49.9 Å². The van der Waals surface area contributed by atoms with Crippen LogP contribution in [0.25, 0.3) is 0 Å². The van der Waals surface area contributed by atoms with Gasteiger partial charge in [-0.15, -0.1) is 0 Å². The molecule has 2 aliphatic heterocycles. The third-order valence-electron chi connectivity index (χ3n) is 4.73. The van der Waals surface area contributed by atoms with Gasteiger partial charge in [0.25, 0.3) is 0 Å². The molecular weight excluding hydrogens is 350 g/mol. The number of hydrogen-bond acceptors (Lipinski definition) is 4. The van der Waals surface area contributed by atoms with E-state index in [0.29, 0.717) is 17.1 Å². The maximum atomic E-state index is 12.5. The molecule has 0 aliphatic carbocycles. The van der Waals surface area contributed by atoms with E-state index in [2.05, 4.69) is 10.6 Å². The summed E-state index contributed by atoms with van der Waals surface area (Å²) in [5.74, 6) is -0.263. The van der Waals surface area contributed by atoms with Gasteiger partial charge in [-0.3, -0.25) is 4.79 Å². The zero-order valence-corrected chi connectivity index (χ0v) is 15.1. The van der Waals surface area contributed by atoms with Gasteiger partial charge in [0.05, 0.1) is 11.4 Å². The van der Waals surface area contributed by atoms with E-state index in [1.54, 1.807) is 0 Å². The number of fused-ring (bicyclic) bond motifs is 2. The van der Waals surface area contributed by atoms with Crippen LogP contribution in [0.4, 0.5) is 0 Å². The lowest BCUT2D eigenvalue weighted by molar-refractivity contribution is -0.122. The summed E-state index contributed by atoms with van der Waals surface area (Å²) < 4.78 is 26.0. The molecule has 2 bridgehead atoms. The number of nitrogens with zero attached hydrogens (tertiary/aromatic N) is 1. The standard InChI is InChI=1S/C16H22ClN3O3S/c1-20(24(22,23)15-6-2-11(17)3-7-15)10-16(21)19-14-8-12-4-5-13(9-14)18-12/h2-3,6-7,12-14,18H,4-5,8-10H2,1H3,(H,19,21). The van der Waals surface area contributed by atoms with Crippen molar-refractivity contribution in [3.05, 3.63) is 29.3 Å². The highest BCUT2D eigenvalue weighted by Gasteiger charge is 2.34. The van der Waals surface area contributed by atoms with Crippen molar-refractivity contribution in [3.63, 3.8) is 0 Å². The Morgan fingerprint density at radius 2 is 1.83 bits per heavy atom. The van der Waals surface area contributed by atoms with E-state index >= 15 is 0 Å². The maximum absolute atomic E-state index is 12.5. The average molecular weight is 372 g/mol. The van der Waals surface area contributed by atoms with Gasteiger partial charge < -0.3 is 10.6 Å². The Bertz CT molecular complexity index is 696. The summed E-state index contributed by atoms with van der Waals surface area (Å²) in [6.07, 6.45) is 4.13. The Morgan fingerprint density at radius 1 is 1.25 bits per heavy atom. The lowest BCUT2D eigenvalue weighted by Gasteiger charge is -2.30. The highest BCUT2D eigenvalue weighted by molar-refractivity contribution is 7.89. The molecule has 2 heterocycles. The molecule has 2 N–H and O–H groups in total. The van der Waals surface area contributed by atoms with E-state index < -0.39 is 10.0 Å². The van der Waals surface area contributed by atoms with Crippen molar-refractivity contribution in [1.82, 2.24) is 14.9 Å². The largest absolute Gasteiger partial charge is 0.352 e. The van der Waals surface area contributed by atoms with Crippen LogP contribution in [0.2, 0.25) is 5.02 Å². The molecule has 1 aromatic carbocycles. The molecule has 0 spiro atoms. The van der Waals surface area contributed by atoms with Crippen molar-refractivity contribution in [3.8, 4) is 0 Å². The number of amides is 1. The Morgan fingerprint density at radius 3 is 2.42 bits per heavy atom. The average Bonchev–Trinajstić information content (AvgIpc) is 2.86. The van der Waals surface area contributed by atoms with Crippen LogP contribution >= 0.6 is 11.6 Å². The van der Waals surface area contributed by atoms with Gasteiger partial charge in [0, 0.05) is 30.2 Å². The van der Waals surface area contributed by atoms with E-state index in [1.165, 1.54) is 31.3 Å². The van der Waals surface area contributed by atoms with Gasteiger partial charge in [0.1, 0.15) is 0 Å². The van der Waals surface area contributed by atoms with E-state index in [-0.39, 0.29) is 23.4 Å². The molecule has 24 heavy (non-hydrogen) atoms. The van der Waals surface area contributed by atoms with Gasteiger partial charge >= 0.3 is 0 Å². The minimum atomic E-state index is -3.70. The molecule has 3 rings (SSSR count). The topological polar surface area (TPSA) is 78.5 Å². The third kappa shape index (κ3) is 3.91. The van der Waals surface area contributed by atoms with Crippen molar-refractivity contribution < 1.29 is 13.2 Å². The fourth-order valence-electron chi connectivity index (χ4n) is 3.52. The second-order valence-electron chi connectivity index (χ2n) is 6.59. The number of carbonyl (C=O) groups is 1. The predicted molar refractivity (Wildman–Crippen MR) is 92.4 cm³/mol. The Hall–Kier alpha value is -1.15. The molecule has 0 aromatic heterocycles. The highest BCUT2D eigenvalue weighted by Crippen LogP contribution is 2.26. The van der Waals surface area contributed by atoms with Crippen LogP contribution in [-0.2, 0) is 14.8 Å². The lowest BCUT2D eigenvalue weighted by atomic mass is 10.00. The van der Waals surface area contributed by atoms with Gasteiger partial charge in [-0.1, -0.05) is 11.6 Å². The zero-order valence-electron chi connectivity index (χ0n) is 13.5. The smallest absolute Gasteiger partial charge is 0.243 e. The quantitative estimate of drug-likeness (QED) is 0.819. The minimum Gasteiger partial charge on any atom is -0.352 e. The number of rotatable bonds is 5. The fraction of sp³-hybridized carbons (Fsp3) is 0.562. The molecule has 2 saturated heterocycles. The summed E-state index contributed by atoms with van der Waals surface area (Å²) in [4.78, 5) is 12.4. The number of carbonyl (C=O) groups excluding carboxylic acids is 1. The molecule has 6 nitrogen and oxygen atoms in total.